The van der Waals surface area contributed by atoms with Gasteiger partial charge in [-0.05, 0) is 11.6 Å². The van der Waals surface area contributed by atoms with Crippen molar-refractivity contribution < 1.29 is 5.11 Å². The fourth-order valence-corrected chi connectivity index (χ4v) is 2.13. The second-order valence-electron chi connectivity index (χ2n) is 3.92. The van der Waals surface area contributed by atoms with Crippen molar-refractivity contribution in [3.63, 3.8) is 0 Å². The van der Waals surface area contributed by atoms with Gasteiger partial charge in [-0.1, -0.05) is 35.3 Å². The minimum absolute atomic E-state index is 0.202. The number of aliphatic hydroxyl groups excluding tert-OH is 1. The van der Waals surface area contributed by atoms with Gasteiger partial charge in [-0.3, -0.25) is 0 Å². The van der Waals surface area contributed by atoms with Crippen molar-refractivity contribution in [2.24, 2.45) is 0 Å². The third-order valence-corrected chi connectivity index (χ3v) is 3.48. The molecule has 2 aromatic rings. The predicted octanol–water partition coefficient (Wildman–Crippen LogP) is 2.80. The zero-order valence-electron chi connectivity index (χ0n) is 10.2. The molecular weight excluding hydrogens is 299 g/mol. The molecule has 0 spiro atoms. The summed E-state index contributed by atoms with van der Waals surface area (Å²) >= 11 is 12.1. The van der Waals surface area contributed by atoms with Crippen LogP contribution in [0.4, 0.5) is 5.82 Å². The Labute approximate surface area is 125 Å². The molecular formula is C13H10Cl2N4O. The molecule has 2 rings (SSSR count). The molecule has 0 bridgehead atoms. The number of hydrogen-bond acceptors (Lipinski definition) is 5. The Balaban J connectivity index is 2.29. The fourth-order valence-electron chi connectivity index (χ4n) is 1.69. The lowest BCUT2D eigenvalue weighted by Crippen LogP contribution is -2.16. The second-order valence-corrected chi connectivity index (χ2v) is 4.71. The molecule has 20 heavy (non-hydrogen) atoms. The highest BCUT2D eigenvalue weighted by molar-refractivity contribution is 6.42. The Hall–Kier alpha value is -1.87. The van der Waals surface area contributed by atoms with Crippen LogP contribution in [0.25, 0.3) is 0 Å². The van der Waals surface area contributed by atoms with Crippen molar-refractivity contribution in [2.45, 2.75) is 6.04 Å². The number of halogens is 2. The Morgan fingerprint density at radius 1 is 1.35 bits per heavy atom. The van der Waals surface area contributed by atoms with E-state index in [1.807, 2.05) is 6.07 Å². The van der Waals surface area contributed by atoms with Crippen LogP contribution in [-0.2, 0) is 0 Å². The maximum absolute atomic E-state index is 9.51. The Morgan fingerprint density at radius 2 is 2.15 bits per heavy atom. The molecule has 0 amide bonds. The van der Waals surface area contributed by atoms with E-state index in [0.717, 1.165) is 0 Å². The molecule has 1 atom stereocenters. The monoisotopic (exact) mass is 308 g/mol. The molecule has 0 saturated heterocycles. The topological polar surface area (TPSA) is 81.8 Å². The number of hydrogen-bond donors (Lipinski definition) is 2. The molecule has 0 aliphatic heterocycles. The van der Waals surface area contributed by atoms with Gasteiger partial charge in [-0.25, -0.2) is 9.97 Å². The van der Waals surface area contributed by atoms with Crippen molar-refractivity contribution in [3.8, 4) is 6.07 Å². The van der Waals surface area contributed by atoms with E-state index in [0.29, 0.717) is 21.4 Å². The van der Waals surface area contributed by atoms with Crippen LogP contribution in [0.5, 0.6) is 0 Å². The minimum atomic E-state index is -0.484. The van der Waals surface area contributed by atoms with Crippen LogP contribution in [0.15, 0.2) is 30.6 Å². The first-order chi connectivity index (χ1) is 9.65. The van der Waals surface area contributed by atoms with Gasteiger partial charge in [-0.15, -0.1) is 0 Å². The average Bonchev–Trinajstić information content (AvgIpc) is 2.48. The Kier molecular flexibility index (Phi) is 4.74. The quantitative estimate of drug-likeness (QED) is 0.907. The highest BCUT2D eigenvalue weighted by atomic mass is 35.5. The van der Waals surface area contributed by atoms with Gasteiger partial charge in [0.05, 0.1) is 22.7 Å². The van der Waals surface area contributed by atoms with Gasteiger partial charge in [0.25, 0.3) is 0 Å². The van der Waals surface area contributed by atoms with Gasteiger partial charge in [0.2, 0.25) is 0 Å². The van der Waals surface area contributed by atoms with Gasteiger partial charge >= 0.3 is 0 Å². The fraction of sp³-hybridized carbons (Fsp3) is 0.154. The van der Waals surface area contributed by atoms with Crippen molar-refractivity contribution >= 4 is 29.0 Å². The van der Waals surface area contributed by atoms with Crippen molar-refractivity contribution in [1.29, 1.82) is 5.26 Å². The molecule has 1 aromatic carbocycles. The largest absolute Gasteiger partial charge is 0.394 e. The number of anilines is 1. The Morgan fingerprint density at radius 3 is 2.85 bits per heavy atom. The second kappa shape index (κ2) is 6.53. The maximum atomic E-state index is 9.51. The highest BCUT2D eigenvalue weighted by Crippen LogP contribution is 2.31. The Bertz CT molecular complexity index is 657. The van der Waals surface area contributed by atoms with Crippen molar-refractivity contribution in [3.05, 3.63) is 51.9 Å². The zero-order valence-corrected chi connectivity index (χ0v) is 11.7. The summed E-state index contributed by atoms with van der Waals surface area (Å²) in [6, 6.07) is 8.09. The summed E-state index contributed by atoms with van der Waals surface area (Å²) in [5.41, 5.74) is 0.884. The van der Waals surface area contributed by atoms with Gasteiger partial charge in [0, 0.05) is 6.07 Å². The van der Waals surface area contributed by atoms with Gasteiger partial charge in [0.1, 0.15) is 23.9 Å². The molecule has 1 aromatic heterocycles. The molecule has 0 aliphatic carbocycles. The van der Waals surface area contributed by atoms with Crippen LogP contribution in [0, 0.1) is 11.3 Å². The number of nitriles is 1. The number of nitrogens with zero attached hydrogens (tertiary/aromatic N) is 3. The minimum Gasteiger partial charge on any atom is -0.394 e. The lowest BCUT2D eigenvalue weighted by atomic mass is 10.1. The smallest absolute Gasteiger partial charge is 0.145 e. The molecule has 5 nitrogen and oxygen atoms in total. The summed E-state index contributed by atoms with van der Waals surface area (Å²) in [6.07, 6.45) is 1.27. The van der Waals surface area contributed by atoms with Crippen LogP contribution < -0.4 is 5.32 Å². The summed E-state index contributed by atoms with van der Waals surface area (Å²) in [5, 5.41) is 22.1. The van der Waals surface area contributed by atoms with Crippen LogP contribution >= 0.6 is 23.2 Å². The molecule has 102 valence electrons. The standard InChI is InChI=1S/C13H10Cl2N4O/c14-10-3-1-2-9(13(10)15)11(6-20)19-12-4-8(5-16)17-7-18-12/h1-4,7,11,20H,6H2,(H,17,18,19). The summed E-state index contributed by atoms with van der Waals surface area (Å²) in [6.45, 7) is -0.202. The third kappa shape index (κ3) is 3.17. The number of aliphatic hydroxyl groups is 1. The molecule has 2 N–H and O–H groups in total. The summed E-state index contributed by atoms with van der Waals surface area (Å²) in [5.74, 6) is 0.423. The van der Waals surface area contributed by atoms with Gasteiger partial charge < -0.3 is 10.4 Å². The molecule has 0 fully saturated rings. The van der Waals surface area contributed by atoms with Crippen LogP contribution in [0.3, 0.4) is 0 Å². The van der Waals surface area contributed by atoms with E-state index in [-0.39, 0.29) is 12.3 Å². The number of nitrogens with one attached hydrogen (secondary N) is 1. The molecule has 0 saturated carbocycles. The maximum Gasteiger partial charge on any atom is 0.145 e. The number of aromatic nitrogens is 2. The van der Waals surface area contributed by atoms with E-state index in [1.54, 1.807) is 18.2 Å². The predicted molar refractivity (Wildman–Crippen MR) is 76.7 cm³/mol. The van der Waals surface area contributed by atoms with E-state index in [2.05, 4.69) is 15.3 Å². The van der Waals surface area contributed by atoms with E-state index in [4.69, 9.17) is 28.5 Å². The summed E-state index contributed by atoms with van der Waals surface area (Å²) < 4.78 is 0. The highest BCUT2D eigenvalue weighted by Gasteiger charge is 2.16. The molecule has 1 unspecified atom stereocenters. The van der Waals surface area contributed by atoms with Crippen LogP contribution in [0.2, 0.25) is 10.0 Å². The normalized spacial score (nSPS) is 11.7. The first-order valence-electron chi connectivity index (χ1n) is 5.69. The summed E-state index contributed by atoms with van der Waals surface area (Å²) in [7, 11) is 0. The van der Waals surface area contributed by atoms with Gasteiger partial charge in [-0.2, -0.15) is 5.26 Å². The van der Waals surface area contributed by atoms with Gasteiger partial charge in [0.15, 0.2) is 0 Å². The molecule has 1 heterocycles. The zero-order chi connectivity index (χ0) is 14.5. The summed E-state index contributed by atoms with van der Waals surface area (Å²) in [4.78, 5) is 7.77. The van der Waals surface area contributed by atoms with E-state index in [9.17, 15) is 5.11 Å². The van der Waals surface area contributed by atoms with E-state index in [1.165, 1.54) is 12.4 Å². The van der Waals surface area contributed by atoms with Crippen LogP contribution in [-0.4, -0.2) is 21.7 Å². The number of benzene rings is 1. The third-order valence-electron chi connectivity index (χ3n) is 2.64. The van der Waals surface area contributed by atoms with Crippen molar-refractivity contribution in [2.75, 3.05) is 11.9 Å². The SMILES string of the molecule is N#Cc1cc(NC(CO)c2cccc(Cl)c2Cl)ncn1. The lowest BCUT2D eigenvalue weighted by Gasteiger charge is -2.19. The number of rotatable bonds is 4. The van der Waals surface area contributed by atoms with E-state index < -0.39 is 6.04 Å². The van der Waals surface area contributed by atoms with E-state index >= 15 is 0 Å². The first-order valence-corrected chi connectivity index (χ1v) is 6.44. The molecule has 7 heteroatoms. The lowest BCUT2D eigenvalue weighted by molar-refractivity contribution is 0.276. The average molecular weight is 309 g/mol. The van der Waals surface area contributed by atoms with Crippen LogP contribution in [0.1, 0.15) is 17.3 Å². The molecule has 0 aliphatic rings. The molecule has 0 radical (unpaired) electrons. The van der Waals surface area contributed by atoms with Crippen molar-refractivity contribution in [1.82, 2.24) is 9.97 Å². The first kappa shape index (κ1) is 14.5.